The fraction of sp³-hybridized carbons (Fsp3) is 0. The molecule has 0 atom stereocenters. The van der Waals surface area contributed by atoms with Crippen molar-refractivity contribution in [3.05, 3.63) is 109 Å². The summed E-state index contributed by atoms with van der Waals surface area (Å²) in [6, 6.07) is 37.4. The molecule has 3 heteroatoms. The van der Waals surface area contributed by atoms with Gasteiger partial charge in [-0.25, -0.2) is 9.97 Å². The molecular weight excluding hydrogens is 404 g/mol. The first kappa shape index (κ1) is 18.1. The molecule has 33 heavy (non-hydrogen) atoms. The molecule has 0 fully saturated rings. The van der Waals surface area contributed by atoms with Gasteiger partial charge in [0.2, 0.25) is 0 Å². The molecule has 0 saturated heterocycles. The normalized spacial score (nSPS) is 11.6. The molecule has 2 aromatic heterocycles. The first-order valence-corrected chi connectivity index (χ1v) is 11.0. The molecule has 0 amide bonds. The number of nitrogens with zero attached hydrogens (tertiary/aromatic N) is 2. The molecule has 0 spiro atoms. The Balaban J connectivity index is 1.46. The zero-order chi connectivity index (χ0) is 21.8. The van der Waals surface area contributed by atoms with Gasteiger partial charge >= 0.3 is 0 Å². The lowest BCUT2D eigenvalue weighted by molar-refractivity contribution is 0.669. The minimum atomic E-state index is 0.728. The van der Waals surface area contributed by atoms with Gasteiger partial charge in [0, 0.05) is 27.3 Å². The van der Waals surface area contributed by atoms with Crippen molar-refractivity contribution < 1.29 is 4.42 Å². The zero-order valence-corrected chi connectivity index (χ0v) is 17.7. The van der Waals surface area contributed by atoms with Crippen molar-refractivity contribution >= 4 is 43.6 Å². The van der Waals surface area contributed by atoms with E-state index in [0.29, 0.717) is 0 Å². The van der Waals surface area contributed by atoms with E-state index in [9.17, 15) is 0 Å². The van der Waals surface area contributed by atoms with Crippen molar-refractivity contribution in [2.45, 2.75) is 0 Å². The summed E-state index contributed by atoms with van der Waals surface area (Å²) in [4.78, 5) is 9.93. The Hall–Kier alpha value is -4.50. The van der Waals surface area contributed by atoms with Crippen molar-refractivity contribution in [2.75, 3.05) is 0 Å². The van der Waals surface area contributed by atoms with E-state index in [1.807, 2.05) is 48.5 Å². The van der Waals surface area contributed by atoms with E-state index >= 15 is 0 Å². The minimum absolute atomic E-state index is 0.728. The van der Waals surface area contributed by atoms with Gasteiger partial charge in [0.15, 0.2) is 5.82 Å². The van der Waals surface area contributed by atoms with Crippen LogP contribution in [0.1, 0.15) is 0 Å². The third kappa shape index (κ3) is 2.90. The van der Waals surface area contributed by atoms with Gasteiger partial charge in [-0.1, -0.05) is 78.9 Å². The second-order valence-electron chi connectivity index (χ2n) is 8.29. The second-order valence-corrected chi connectivity index (χ2v) is 8.29. The number of furan rings is 1. The van der Waals surface area contributed by atoms with Crippen LogP contribution in [0.15, 0.2) is 114 Å². The smallest absolute Gasteiger partial charge is 0.160 e. The summed E-state index contributed by atoms with van der Waals surface area (Å²) >= 11 is 0. The maximum Gasteiger partial charge on any atom is 0.160 e. The second kappa shape index (κ2) is 7.01. The van der Waals surface area contributed by atoms with Crippen LogP contribution in [-0.2, 0) is 0 Å². The van der Waals surface area contributed by atoms with E-state index in [2.05, 4.69) is 60.7 Å². The Bertz CT molecular complexity index is 1820. The molecular formula is C30H18N2O. The SMILES string of the molecule is c1ccc(-c2nc(-c3ccc4cc5oc6ccccc6c5cc4c3)nc3ccccc23)cc1. The largest absolute Gasteiger partial charge is 0.456 e. The molecule has 0 saturated carbocycles. The molecule has 0 radical (unpaired) electrons. The van der Waals surface area contributed by atoms with Gasteiger partial charge in [-0.2, -0.15) is 0 Å². The van der Waals surface area contributed by atoms with Crippen LogP contribution in [0.3, 0.4) is 0 Å². The van der Waals surface area contributed by atoms with Crippen LogP contribution in [-0.4, -0.2) is 9.97 Å². The Kier molecular flexibility index (Phi) is 3.84. The van der Waals surface area contributed by atoms with Crippen LogP contribution in [0.4, 0.5) is 0 Å². The summed E-state index contributed by atoms with van der Waals surface area (Å²) in [7, 11) is 0. The molecule has 7 rings (SSSR count). The predicted octanol–water partition coefficient (Wildman–Crippen LogP) is 8.02. The molecule has 0 aliphatic carbocycles. The third-order valence-electron chi connectivity index (χ3n) is 6.24. The summed E-state index contributed by atoms with van der Waals surface area (Å²) in [6.07, 6.45) is 0. The van der Waals surface area contributed by atoms with Crippen LogP contribution in [0.25, 0.3) is 66.3 Å². The van der Waals surface area contributed by atoms with Crippen molar-refractivity contribution in [1.29, 1.82) is 0 Å². The molecule has 0 aliphatic rings. The van der Waals surface area contributed by atoms with E-state index in [4.69, 9.17) is 14.4 Å². The lowest BCUT2D eigenvalue weighted by Gasteiger charge is -2.10. The monoisotopic (exact) mass is 422 g/mol. The van der Waals surface area contributed by atoms with Crippen LogP contribution in [0.5, 0.6) is 0 Å². The molecule has 2 heterocycles. The maximum atomic E-state index is 6.06. The molecule has 0 unspecified atom stereocenters. The summed E-state index contributed by atoms with van der Waals surface area (Å²) in [5.74, 6) is 0.728. The van der Waals surface area contributed by atoms with Gasteiger partial charge in [-0.3, -0.25) is 0 Å². The van der Waals surface area contributed by atoms with E-state index in [1.165, 1.54) is 0 Å². The van der Waals surface area contributed by atoms with Crippen LogP contribution < -0.4 is 0 Å². The number of rotatable bonds is 2. The fourth-order valence-corrected chi connectivity index (χ4v) is 4.63. The van der Waals surface area contributed by atoms with Crippen molar-refractivity contribution in [2.24, 2.45) is 0 Å². The van der Waals surface area contributed by atoms with Crippen LogP contribution in [0, 0.1) is 0 Å². The van der Waals surface area contributed by atoms with Gasteiger partial charge in [-0.15, -0.1) is 0 Å². The van der Waals surface area contributed by atoms with E-state index in [0.717, 1.165) is 66.3 Å². The highest BCUT2D eigenvalue weighted by molar-refractivity contribution is 6.10. The summed E-state index contributed by atoms with van der Waals surface area (Å²) < 4.78 is 6.06. The Morgan fingerprint density at radius 3 is 2.18 bits per heavy atom. The van der Waals surface area contributed by atoms with Crippen LogP contribution >= 0.6 is 0 Å². The lowest BCUT2D eigenvalue weighted by Crippen LogP contribution is -1.95. The van der Waals surface area contributed by atoms with E-state index in [-0.39, 0.29) is 0 Å². The quantitative estimate of drug-likeness (QED) is 0.283. The van der Waals surface area contributed by atoms with Crippen LogP contribution in [0.2, 0.25) is 0 Å². The van der Waals surface area contributed by atoms with E-state index in [1.54, 1.807) is 0 Å². The van der Waals surface area contributed by atoms with Crippen molar-refractivity contribution in [3.8, 4) is 22.6 Å². The van der Waals surface area contributed by atoms with E-state index < -0.39 is 0 Å². The molecule has 0 aliphatic heterocycles. The fourth-order valence-electron chi connectivity index (χ4n) is 4.63. The number of fused-ring (bicyclic) bond motifs is 5. The van der Waals surface area contributed by atoms with Gasteiger partial charge < -0.3 is 4.42 Å². The molecule has 0 bridgehead atoms. The number of hydrogen-bond donors (Lipinski definition) is 0. The Morgan fingerprint density at radius 2 is 1.27 bits per heavy atom. The van der Waals surface area contributed by atoms with Crippen molar-refractivity contribution in [3.63, 3.8) is 0 Å². The van der Waals surface area contributed by atoms with Gasteiger partial charge in [0.1, 0.15) is 11.2 Å². The van der Waals surface area contributed by atoms with Crippen molar-refractivity contribution in [1.82, 2.24) is 9.97 Å². The molecule has 7 aromatic rings. The average molecular weight is 422 g/mol. The predicted molar refractivity (Wildman–Crippen MR) is 135 cm³/mol. The number of benzene rings is 5. The molecule has 154 valence electrons. The standard InChI is InChI=1S/C30H18N2O/c1-2-8-19(9-3-1)29-24-11-4-6-12-26(24)31-30(32-29)21-15-14-20-18-28-25(17-22(20)16-21)23-10-5-7-13-27(23)33-28/h1-18H. The minimum Gasteiger partial charge on any atom is -0.456 e. The highest BCUT2D eigenvalue weighted by Crippen LogP contribution is 2.34. The van der Waals surface area contributed by atoms with Gasteiger partial charge in [-0.05, 0) is 41.1 Å². The number of hydrogen-bond acceptors (Lipinski definition) is 3. The zero-order valence-electron chi connectivity index (χ0n) is 17.7. The summed E-state index contributed by atoms with van der Waals surface area (Å²) in [6.45, 7) is 0. The topological polar surface area (TPSA) is 38.9 Å². The lowest BCUT2D eigenvalue weighted by atomic mass is 10.0. The molecule has 3 nitrogen and oxygen atoms in total. The molecule has 0 N–H and O–H groups in total. The summed E-state index contributed by atoms with van der Waals surface area (Å²) in [5, 5.41) is 5.59. The van der Waals surface area contributed by atoms with Gasteiger partial charge in [0.25, 0.3) is 0 Å². The molecule has 5 aromatic carbocycles. The average Bonchev–Trinajstić information content (AvgIpc) is 3.24. The first-order chi connectivity index (χ1) is 16.3. The Labute approximate surface area is 190 Å². The Morgan fingerprint density at radius 1 is 0.485 bits per heavy atom. The number of aromatic nitrogens is 2. The summed E-state index contributed by atoms with van der Waals surface area (Å²) in [5.41, 5.74) is 5.80. The highest BCUT2D eigenvalue weighted by Gasteiger charge is 2.13. The number of para-hydroxylation sites is 2. The van der Waals surface area contributed by atoms with Gasteiger partial charge in [0.05, 0.1) is 11.2 Å². The maximum absolute atomic E-state index is 6.06. The first-order valence-electron chi connectivity index (χ1n) is 11.0. The third-order valence-corrected chi connectivity index (χ3v) is 6.24. The highest BCUT2D eigenvalue weighted by atomic mass is 16.3.